The lowest BCUT2D eigenvalue weighted by molar-refractivity contribution is 0.0746. The second-order valence-electron chi connectivity index (χ2n) is 7.78. The van der Waals surface area contributed by atoms with Crippen LogP contribution in [-0.4, -0.2) is 60.7 Å². The number of cyclic esters (lactones) is 1. The fourth-order valence-electron chi connectivity index (χ4n) is 3.98. The van der Waals surface area contributed by atoms with Crippen LogP contribution in [0, 0.1) is 13.8 Å². The Bertz CT molecular complexity index is 920. The molecule has 2 aliphatic rings. The smallest absolute Gasteiger partial charge is 0.414 e. The molecule has 4 rings (SSSR count). The molecule has 2 aromatic rings. The summed E-state index contributed by atoms with van der Waals surface area (Å²) in [5, 5.41) is 0. The van der Waals surface area contributed by atoms with E-state index in [-0.39, 0.29) is 18.0 Å². The van der Waals surface area contributed by atoms with Gasteiger partial charge in [0.05, 0.1) is 6.04 Å². The van der Waals surface area contributed by atoms with Gasteiger partial charge in [-0.1, -0.05) is 6.07 Å². The van der Waals surface area contributed by atoms with E-state index >= 15 is 0 Å². The topological polar surface area (TPSA) is 66.0 Å². The normalized spacial score (nSPS) is 19.5. The third kappa shape index (κ3) is 3.77. The van der Waals surface area contributed by atoms with Crippen LogP contribution in [0.25, 0.3) is 0 Å². The number of ether oxygens (including phenoxy) is 1. The molecule has 1 aromatic heterocycles. The summed E-state index contributed by atoms with van der Waals surface area (Å²) in [4.78, 5) is 35.1. The number of nitrogens with zero attached hydrogens (tertiary/aromatic N) is 4. The Labute approximate surface area is 170 Å². The fraction of sp³-hybridized carbons (Fsp3) is 0.409. The van der Waals surface area contributed by atoms with Gasteiger partial charge in [-0.15, -0.1) is 0 Å². The van der Waals surface area contributed by atoms with Crippen molar-refractivity contribution >= 4 is 23.5 Å². The maximum atomic E-state index is 12.9. The standard InChI is InChI=1S/C22H26N4O3/c1-15-12-16(2)20(23-13-15)24-8-10-25(11-9-24)21(27)18-4-6-19(7-5-18)26-17(3)14-29-22(26)28/h4-7,12-13,17H,8-11,14H2,1-3H3/t17-/m0/s1. The quantitative estimate of drug-likeness (QED) is 0.801. The van der Waals surface area contributed by atoms with Crippen LogP contribution in [0.3, 0.4) is 0 Å². The molecule has 3 heterocycles. The monoisotopic (exact) mass is 394 g/mol. The first-order valence-corrected chi connectivity index (χ1v) is 9.97. The van der Waals surface area contributed by atoms with Gasteiger partial charge in [0, 0.05) is 43.6 Å². The van der Waals surface area contributed by atoms with Crippen LogP contribution in [0.4, 0.5) is 16.3 Å². The summed E-state index contributed by atoms with van der Waals surface area (Å²) in [6.07, 6.45) is 1.55. The molecule has 1 aromatic carbocycles. The number of piperazine rings is 1. The van der Waals surface area contributed by atoms with Gasteiger partial charge in [0.1, 0.15) is 12.4 Å². The Morgan fingerprint density at radius 2 is 1.79 bits per heavy atom. The van der Waals surface area contributed by atoms with E-state index in [2.05, 4.69) is 22.9 Å². The molecule has 7 nitrogen and oxygen atoms in total. The predicted molar refractivity (Wildman–Crippen MR) is 112 cm³/mol. The summed E-state index contributed by atoms with van der Waals surface area (Å²) < 4.78 is 5.07. The highest BCUT2D eigenvalue weighted by atomic mass is 16.6. The van der Waals surface area contributed by atoms with E-state index in [1.807, 2.05) is 37.1 Å². The molecule has 1 atom stereocenters. The van der Waals surface area contributed by atoms with Crippen molar-refractivity contribution in [2.24, 2.45) is 0 Å². The molecule has 0 N–H and O–H groups in total. The van der Waals surface area contributed by atoms with E-state index in [0.29, 0.717) is 25.3 Å². The van der Waals surface area contributed by atoms with Crippen LogP contribution in [-0.2, 0) is 4.74 Å². The third-order valence-electron chi connectivity index (χ3n) is 5.53. The lowest BCUT2D eigenvalue weighted by Gasteiger charge is -2.36. The maximum absolute atomic E-state index is 12.9. The number of pyridine rings is 1. The van der Waals surface area contributed by atoms with Crippen LogP contribution in [0.5, 0.6) is 0 Å². The Morgan fingerprint density at radius 1 is 1.10 bits per heavy atom. The van der Waals surface area contributed by atoms with Gasteiger partial charge in [0.25, 0.3) is 5.91 Å². The lowest BCUT2D eigenvalue weighted by Crippen LogP contribution is -2.49. The van der Waals surface area contributed by atoms with Crippen molar-refractivity contribution in [3.8, 4) is 0 Å². The zero-order chi connectivity index (χ0) is 20.5. The third-order valence-corrected chi connectivity index (χ3v) is 5.53. The minimum atomic E-state index is -0.340. The van der Waals surface area contributed by atoms with Crippen molar-refractivity contribution in [2.75, 3.05) is 42.6 Å². The number of rotatable bonds is 3. The first kappa shape index (κ1) is 19.2. The largest absolute Gasteiger partial charge is 0.447 e. The van der Waals surface area contributed by atoms with Gasteiger partial charge in [-0.3, -0.25) is 9.69 Å². The zero-order valence-electron chi connectivity index (χ0n) is 17.1. The molecule has 0 aliphatic carbocycles. The first-order valence-electron chi connectivity index (χ1n) is 9.97. The number of carbonyl (C=O) groups is 2. The molecule has 0 saturated carbocycles. The van der Waals surface area contributed by atoms with Crippen molar-refractivity contribution < 1.29 is 14.3 Å². The number of aryl methyl sites for hydroxylation is 2. The molecule has 2 amide bonds. The Morgan fingerprint density at radius 3 is 2.38 bits per heavy atom. The summed E-state index contributed by atoms with van der Waals surface area (Å²) in [6, 6.07) is 9.33. The summed E-state index contributed by atoms with van der Waals surface area (Å²) in [7, 11) is 0. The van der Waals surface area contributed by atoms with Crippen LogP contribution < -0.4 is 9.80 Å². The molecule has 29 heavy (non-hydrogen) atoms. The number of amides is 2. The van der Waals surface area contributed by atoms with Crippen LogP contribution >= 0.6 is 0 Å². The number of benzene rings is 1. The highest BCUT2D eigenvalue weighted by Crippen LogP contribution is 2.24. The zero-order valence-corrected chi connectivity index (χ0v) is 17.1. The SMILES string of the molecule is Cc1cnc(N2CCN(C(=O)c3ccc(N4C(=O)OC[C@@H]4C)cc3)CC2)c(C)c1. The average Bonchev–Trinajstić information content (AvgIpc) is 3.06. The predicted octanol–water partition coefficient (Wildman–Crippen LogP) is 3.01. The fourth-order valence-corrected chi connectivity index (χ4v) is 3.98. The van der Waals surface area contributed by atoms with E-state index in [1.165, 1.54) is 0 Å². The summed E-state index contributed by atoms with van der Waals surface area (Å²) in [6.45, 7) is 9.28. The summed E-state index contributed by atoms with van der Waals surface area (Å²) in [5.74, 6) is 1.01. The van der Waals surface area contributed by atoms with Gasteiger partial charge in [-0.05, 0) is 56.2 Å². The molecule has 0 spiro atoms. The highest BCUT2D eigenvalue weighted by Gasteiger charge is 2.31. The van der Waals surface area contributed by atoms with Crippen molar-refractivity contribution in [1.29, 1.82) is 0 Å². The van der Waals surface area contributed by atoms with E-state index in [0.717, 1.165) is 35.7 Å². The van der Waals surface area contributed by atoms with Gasteiger partial charge in [-0.2, -0.15) is 0 Å². The van der Waals surface area contributed by atoms with Crippen molar-refractivity contribution in [2.45, 2.75) is 26.8 Å². The van der Waals surface area contributed by atoms with Crippen molar-refractivity contribution in [1.82, 2.24) is 9.88 Å². The second-order valence-corrected chi connectivity index (χ2v) is 7.78. The van der Waals surface area contributed by atoms with Crippen LogP contribution in [0.15, 0.2) is 36.5 Å². The number of carbonyl (C=O) groups excluding carboxylic acids is 2. The van der Waals surface area contributed by atoms with Gasteiger partial charge < -0.3 is 14.5 Å². The van der Waals surface area contributed by atoms with Crippen molar-refractivity contribution in [3.05, 3.63) is 53.2 Å². The summed E-state index contributed by atoms with van der Waals surface area (Å²) >= 11 is 0. The molecule has 2 fully saturated rings. The van der Waals surface area contributed by atoms with Gasteiger partial charge in [-0.25, -0.2) is 9.78 Å². The Hall–Kier alpha value is -3.09. The number of hydrogen-bond acceptors (Lipinski definition) is 5. The van der Waals surface area contributed by atoms with E-state index in [1.54, 1.807) is 17.0 Å². The number of aromatic nitrogens is 1. The Kier molecular flexibility index (Phi) is 5.13. The molecule has 0 unspecified atom stereocenters. The lowest BCUT2D eigenvalue weighted by atomic mass is 10.1. The average molecular weight is 394 g/mol. The molecule has 0 bridgehead atoms. The Balaban J connectivity index is 1.40. The van der Waals surface area contributed by atoms with Gasteiger partial charge in [0.2, 0.25) is 0 Å². The number of anilines is 2. The van der Waals surface area contributed by atoms with E-state index in [4.69, 9.17) is 4.74 Å². The van der Waals surface area contributed by atoms with Crippen molar-refractivity contribution in [3.63, 3.8) is 0 Å². The first-order chi connectivity index (χ1) is 13.9. The maximum Gasteiger partial charge on any atom is 0.414 e. The molecular formula is C22H26N4O3. The van der Waals surface area contributed by atoms with Crippen LogP contribution in [0.2, 0.25) is 0 Å². The molecule has 7 heteroatoms. The second kappa shape index (κ2) is 7.73. The minimum absolute atomic E-state index is 0.00373. The van der Waals surface area contributed by atoms with Gasteiger partial charge in [0.15, 0.2) is 0 Å². The minimum Gasteiger partial charge on any atom is -0.447 e. The molecular weight excluding hydrogens is 368 g/mol. The molecule has 152 valence electrons. The molecule has 2 saturated heterocycles. The summed E-state index contributed by atoms with van der Waals surface area (Å²) in [5.41, 5.74) is 3.70. The van der Waals surface area contributed by atoms with Crippen LogP contribution in [0.1, 0.15) is 28.4 Å². The van der Waals surface area contributed by atoms with E-state index < -0.39 is 0 Å². The molecule has 2 aliphatic heterocycles. The van der Waals surface area contributed by atoms with E-state index in [9.17, 15) is 9.59 Å². The van der Waals surface area contributed by atoms with Gasteiger partial charge >= 0.3 is 6.09 Å². The number of hydrogen-bond donors (Lipinski definition) is 0. The highest BCUT2D eigenvalue weighted by molar-refractivity contribution is 5.96. The molecule has 0 radical (unpaired) electrons.